The lowest BCUT2D eigenvalue weighted by Crippen LogP contribution is -2.17. The molecule has 0 unspecified atom stereocenters. The van der Waals surface area contributed by atoms with Crippen molar-refractivity contribution in [2.24, 2.45) is 0 Å². The van der Waals surface area contributed by atoms with Gasteiger partial charge in [-0.05, 0) is 0 Å². The van der Waals surface area contributed by atoms with Gasteiger partial charge < -0.3 is 0 Å². The summed E-state index contributed by atoms with van der Waals surface area (Å²) >= 11 is 0. The quantitative estimate of drug-likeness (QED) is 0.448. The molecular weight excluding hydrogens is 102 g/mol. The molecule has 0 radical (unpaired) electrons. The summed E-state index contributed by atoms with van der Waals surface area (Å²) in [6.07, 6.45) is 5.69. The molecule has 0 aliphatic rings. The fraction of sp³-hybridized carbons (Fsp3) is 0. The fourth-order valence-corrected chi connectivity index (χ4v) is 0.785. The second kappa shape index (κ2) is 1.12. The number of nitrogens with zero attached hydrogens (tertiary/aromatic N) is 1. The molecule has 0 saturated heterocycles. The van der Waals surface area contributed by atoms with E-state index in [-0.39, 0.29) is 0 Å². The highest BCUT2D eigenvalue weighted by atomic mass is 15.2. The first kappa shape index (κ1) is 3.72. The highest BCUT2D eigenvalue weighted by Gasteiger charge is 1.96. The summed E-state index contributed by atoms with van der Waals surface area (Å²) in [6, 6.07) is 1.97. The fourth-order valence-electron chi connectivity index (χ4n) is 0.785. The van der Waals surface area contributed by atoms with Gasteiger partial charge in [-0.1, -0.05) is 0 Å². The molecule has 8 heavy (non-hydrogen) atoms. The maximum absolute atomic E-state index is 3.03. The predicted molar refractivity (Wildman–Crippen MR) is 28.3 cm³/mol. The molecule has 2 rings (SSSR count). The van der Waals surface area contributed by atoms with Crippen molar-refractivity contribution in [3.05, 3.63) is 24.7 Å². The zero-order valence-corrected chi connectivity index (χ0v) is 4.26. The van der Waals surface area contributed by atoms with Crippen LogP contribution in [0.2, 0.25) is 0 Å². The summed E-state index contributed by atoms with van der Waals surface area (Å²) in [5, 5.41) is 2.98. The highest BCUT2D eigenvalue weighted by molar-refractivity contribution is 5.24. The molecule has 0 bridgehead atoms. The van der Waals surface area contributed by atoms with E-state index in [1.54, 1.807) is 0 Å². The normalized spacial score (nSPS) is 10.5. The van der Waals surface area contributed by atoms with E-state index in [4.69, 9.17) is 0 Å². The lowest BCUT2D eigenvalue weighted by atomic mass is 10.7. The summed E-state index contributed by atoms with van der Waals surface area (Å²) in [4.78, 5) is 3.03. The molecule has 0 aromatic carbocycles. The van der Waals surface area contributed by atoms with Crippen LogP contribution >= 0.6 is 0 Å². The topological polar surface area (TPSA) is 35.7 Å². The second-order valence-electron chi connectivity index (χ2n) is 1.68. The van der Waals surface area contributed by atoms with Gasteiger partial charge in [0, 0.05) is 12.3 Å². The zero-order valence-electron chi connectivity index (χ0n) is 4.26. The molecule has 0 amide bonds. The number of aromatic amines is 2. The van der Waals surface area contributed by atoms with E-state index in [1.165, 1.54) is 0 Å². The summed E-state index contributed by atoms with van der Waals surface area (Å²) in [6.45, 7) is 0. The Hall–Kier alpha value is -1.25. The molecule has 2 aromatic rings. The first-order valence-electron chi connectivity index (χ1n) is 2.49. The minimum Gasteiger partial charge on any atom is -0.242 e. The van der Waals surface area contributed by atoms with Gasteiger partial charge in [0.2, 0.25) is 0 Å². The molecular formula is C5H6N3+. The Morgan fingerprint density at radius 1 is 1.38 bits per heavy atom. The Labute approximate surface area is 45.9 Å². The lowest BCUT2D eigenvalue weighted by Gasteiger charge is -1.64. The summed E-state index contributed by atoms with van der Waals surface area (Å²) in [7, 11) is 0. The zero-order chi connectivity index (χ0) is 5.40. The highest BCUT2D eigenvalue weighted by Crippen LogP contribution is 1.84. The van der Waals surface area contributed by atoms with Crippen molar-refractivity contribution in [3.63, 3.8) is 0 Å². The van der Waals surface area contributed by atoms with Gasteiger partial charge in [0.15, 0.2) is 6.20 Å². The van der Waals surface area contributed by atoms with E-state index in [1.807, 2.05) is 29.2 Å². The van der Waals surface area contributed by atoms with Gasteiger partial charge in [0.1, 0.15) is 6.20 Å². The number of hydrogen-bond donors (Lipinski definition) is 2. The molecule has 3 nitrogen and oxygen atoms in total. The lowest BCUT2D eigenvalue weighted by molar-refractivity contribution is -0.574. The maximum atomic E-state index is 3.03. The number of imidazole rings is 1. The van der Waals surface area contributed by atoms with E-state index in [9.17, 15) is 0 Å². The average molecular weight is 108 g/mol. The van der Waals surface area contributed by atoms with E-state index in [0.717, 1.165) is 5.65 Å². The van der Waals surface area contributed by atoms with Crippen LogP contribution in [0.1, 0.15) is 0 Å². The molecule has 0 saturated carbocycles. The summed E-state index contributed by atoms with van der Waals surface area (Å²) in [5.74, 6) is 0. The van der Waals surface area contributed by atoms with Crippen LogP contribution < -0.4 is 4.52 Å². The minimum absolute atomic E-state index is 1.09. The number of hydrogen-bond acceptors (Lipinski definition) is 0. The second-order valence-corrected chi connectivity index (χ2v) is 1.68. The van der Waals surface area contributed by atoms with Crippen LogP contribution in [0, 0.1) is 0 Å². The van der Waals surface area contributed by atoms with Crippen LogP contribution in [-0.4, -0.2) is 10.1 Å². The van der Waals surface area contributed by atoms with Crippen LogP contribution in [0.3, 0.4) is 0 Å². The van der Waals surface area contributed by atoms with Gasteiger partial charge in [-0.3, -0.25) is 0 Å². The third-order valence-electron chi connectivity index (χ3n) is 1.17. The number of rotatable bonds is 0. The molecule has 2 heterocycles. The number of aromatic nitrogens is 3. The van der Waals surface area contributed by atoms with Crippen LogP contribution in [-0.2, 0) is 0 Å². The monoisotopic (exact) mass is 108 g/mol. The van der Waals surface area contributed by atoms with Gasteiger partial charge in [-0.25, -0.2) is 10.1 Å². The molecule has 3 heteroatoms. The smallest absolute Gasteiger partial charge is 0.242 e. The van der Waals surface area contributed by atoms with Crippen LogP contribution in [0.25, 0.3) is 5.65 Å². The van der Waals surface area contributed by atoms with Crippen molar-refractivity contribution >= 4 is 5.65 Å². The average Bonchev–Trinajstić information content (AvgIpc) is 2.15. The molecule has 0 atom stereocenters. The van der Waals surface area contributed by atoms with Crippen molar-refractivity contribution in [3.8, 4) is 0 Å². The van der Waals surface area contributed by atoms with Crippen molar-refractivity contribution in [1.82, 2.24) is 10.1 Å². The Kier molecular flexibility index (Phi) is 0.521. The predicted octanol–water partition coefficient (Wildman–Crippen LogP) is 0.0815. The van der Waals surface area contributed by atoms with Gasteiger partial charge >= 0.3 is 5.65 Å². The van der Waals surface area contributed by atoms with E-state index in [0.29, 0.717) is 0 Å². The number of nitrogens with one attached hydrogen (secondary N) is 2. The third kappa shape index (κ3) is 0.307. The molecule has 2 aromatic heterocycles. The van der Waals surface area contributed by atoms with Gasteiger partial charge in [-0.2, -0.15) is 0 Å². The molecule has 0 aliphatic heterocycles. The summed E-state index contributed by atoms with van der Waals surface area (Å²) in [5.41, 5.74) is 1.09. The van der Waals surface area contributed by atoms with Gasteiger partial charge in [-0.15, -0.1) is 4.52 Å². The van der Waals surface area contributed by atoms with E-state index >= 15 is 0 Å². The van der Waals surface area contributed by atoms with Crippen molar-refractivity contribution < 1.29 is 4.52 Å². The van der Waals surface area contributed by atoms with Crippen molar-refractivity contribution in [2.45, 2.75) is 0 Å². The standard InChI is InChI=1S/C5H5N3/c1-2-7-8-4-3-6-5(1)8/h1-4H,(H,6,7)/p+1. The largest absolute Gasteiger partial charge is 0.304 e. The minimum atomic E-state index is 1.09. The first-order chi connectivity index (χ1) is 3.97. The van der Waals surface area contributed by atoms with Crippen molar-refractivity contribution in [2.75, 3.05) is 0 Å². The Morgan fingerprint density at radius 3 is 3.25 bits per heavy atom. The molecule has 2 N–H and O–H groups in total. The molecule has 0 aliphatic carbocycles. The van der Waals surface area contributed by atoms with Crippen LogP contribution in [0.4, 0.5) is 0 Å². The van der Waals surface area contributed by atoms with Gasteiger partial charge in [0.25, 0.3) is 0 Å². The SMILES string of the molecule is c1c[n+]2[nH]ccc2[nH]1. The van der Waals surface area contributed by atoms with E-state index in [2.05, 4.69) is 10.1 Å². The van der Waals surface area contributed by atoms with Crippen LogP contribution in [0.15, 0.2) is 24.7 Å². The number of fused-ring (bicyclic) bond motifs is 1. The Balaban J connectivity index is 3.06. The maximum Gasteiger partial charge on any atom is 0.304 e. The molecule has 40 valence electrons. The van der Waals surface area contributed by atoms with E-state index < -0.39 is 0 Å². The van der Waals surface area contributed by atoms with Crippen LogP contribution in [0.5, 0.6) is 0 Å². The van der Waals surface area contributed by atoms with Crippen molar-refractivity contribution in [1.29, 1.82) is 0 Å². The first-order valence-corrected chi connectivity index (χ1v) is 2.49. The summed E-state index contributed by atoms with van der Waals surface area (Å²) < 4.78 is 1.90. The van der Waals surface area contributed by atoms with Gasteiger partial charge in [0.05, 0.1) is 0 Å². The Morgan fingerprint density at radius 2 is 2.38 bits per heavy atom. The molecule has 0 spiro atoms. The Bertz CT molecular complexity index is 229. The third-order valence-corrected chi connectivity index (χ3v) is 1.17. The molecule has 0 fully saturated rings. The number of H-pyrrole nitrogens is 2.